The van der Waals surface area contributed by atoms with Crippen molar-refractivity contribution in [1.29, 1.82) is 0 Å². The van der Waals surface area contributed by atoms with E-state index in [2.05, 4.69) is 20.8 Å². The van der Waals surface area contributed by atoms with E-state index in [0.717, 1.165) is 22.4 Å². The highest BCUT2D eigenvalue weighted by molar-refractivity contribution is 6.10. The number of aliphatic hydroxyl groups is 1. The van der Waals surface area contributed by atoms with Gasteiger partial charge in [-0.3, -0.25) is 9.59 Å². The number of ether oxygens (including phenoxy) is 1. The van der Waals surface area contributed by atoms with Crippen LogP contribution in [0.25, 0.3) is 0 Å². The lowest BCUT2D eigenvalue weighted by Gasteiger charge is -2.29. The molecule has 0 bridgehead atoms. The predicted molar refractivity (Wildman–Crippen MR) is 130 cm³/mol. The number of ketones is 1. The molecule has 1 atom stereocenters. The van der Waals surface area contributed by atoms with Crippen LogP contribution in [0.3, 0.4) is 0 Å². The largest absolute Gasteiger partial charge is 0.503 e. The summed E-state index contributed by atoms with van der Waals surface area (Å²) in [5.41, 5.74) is 2.27. The first-order chi connectivity index (χ1) is 15.3. The second kappa shape index (κ2) is 9.05. The van der Waals surface area contributed by atoms with Gasteiger partial charge in [0, 0.05) is 12.0 Å². The van der Waals surface area contributed by atoms with E-state index in [1.807, 2.05) is 55.5 Å². The van der Waals surface area contributed by atoms with Crippen LogP contribution < -0.4 is 4.74 Å². The smallest absolute Gasteiger partial charge is 0.290 e. The van der Waals surface area contributed by atoms with Crippen LogP contribution >= 0.6 is 0 Å². The van der Waals surface area contributed by atoms with E-state index < -0.39 is 23.1 Å². The quantitative estimate of drug-likeness (QED) is 0.597. The number of hydrogen-bond acceptors (Lipinski definition) is 4. The first-order valence-corrected chi connectivity index (χ1v) is 11.5. The second-order valence-electron chi connectivity index (χ2n) is 10.6. The van der Waals surface area contributed by atoms with Gasteiger partial charge in [-0.1, -0.05) is 77.9 Å². The normalized spacial score (nSPS) is 17.0. The van der Waals surface area contributed by atoms with Gasteiger partial charge in [0.05, 0.1) is 18.2 Å². The Kier molecular flexibility index (Phi) is 6.73. The number of carbonyl (C=O) groups excluding carboxylic acids is 2. The maximum atomic E-state index is 13.3. The number of hydrogen-bond donors (Lipinski definition) is 1. The van der Waals surface area contributed by atoms with Gasteiger partial charge >= 0.3 is 0 Å². The zero-order valence-electron chi connectivity index (χ0n) is 20.7. The van der Waals surface area contributed by atoms with Crippen molar-refractivity contribution in [3.8, 4) is 5.75 Å². The fourth-order valence-corrected chi connectivity index (χ4v) is 4.02. The molecule has 1 N–H and O–H groups in total. The van der Waals surface area contributed by atoms with Crippen LogP contribution in [0.1, 0.15) is 71.2 Å². The first kappa shape index (κ1) is 24.6. The fraction of sp³-hybridized carbons (Fsp3) is 0.429. The van der Waals surface area contributed by atoms with E-state index in [1.54, 1.807) is 25.7 Å². The molecule has 2 aromatic carbocycles. The van der Waals surface area contributed by atoms with Gasteiger partial charge in [-0.05, 0) is 41.2 Å². The summed E-state index contributed by atoms with van der Waals surface area (Å²) in [5.74, 6) is -0.451. The summed E-state index contributed by atoms with van der Waals surface area (Å²) in [7, 11) is 0. The molecule has 0 radical (unpaired) electrons. The molecule has 1 unspecified atom stereocenters. The molecule has 5 heteroatoms. The molecule has 0 aliphatic carbocycles. The van der Waals surface area contributed by atoms with Crippen LogP contribution in [0, 0.1) is 5.41 Å². The van der Waals surface area contributed by atoms with Gasteiger partial charge in [0.1, 0.15) is 5.75 Å². The van der Waals surface area contributed by atoms with Gasteiger partial charge in [0.15, 0.2) is 11.5 Å². The maximum Gasteiger partial charge on any atom is 0.290 e. The zero-order chi connectivity index (χ0) is 24.6. The van der Waals surface area contributed by atoms with Crippen LogP contribution in [0.15, 0.2) is 59.9 Å². The van der Waals surface area contributed by atoms with Crippen molar-refractivity contribution in [3.05, 3.63) is 76.6 Å². The zero-order valence-corrected chi connectivity index (χ0v) is 20.7. The highest BCUT2D eigenvalue weighted by atomic mass is 16.5. The molecule has 1 aliphatic heterocycles. The second-order valence-corrected chi connectivity index (χ2v) is 10.6. The van der Waals surface area contributed by atoms with Gasteiger partial charge in [-0.2, -0.15) is 0 Å². The molecule has 1 heterocycles. The summed E-state index contributed by atoms with van der Waals surface area (Å²) in [6, 6.07) is 14.9. The molecule has 33 heavy (non-hydrogen) atoms. The van der Waals surface area contributed by atoms with Gasteiger partial charge in [-0.25, -0.2) is 0 Å². The molecule has 0 saturated heterocycles. The van der Waals surface area contributed by atoms with Crippen molar-refractivity contribution in [2.24, 2.45) is 5.41 Å². The number of benzene rings is 2. The third-order valence-corrected chi connectivity index (χ3v) is 5.91. The average Bonchev–Trinajstić information content (AvgIpc) is 2.98. The van der Waals surface area contributed by atoms with Crippen LogP contribution in [-0.2, 0) is 21.5 Å². The van der Waals surface area contributed by atoms with E-state index in [4.69, 9.17) is 4.74 Å². The van der Waals surface area contributed by atoms with Gasteiger partial charge in [0.2, 0.25) is 0 Å². The standard InChI is InChI=1S/C28H35NO4/c1-8-33-21-15-9-18(10-16-21)17-29-23(19-11-13-20(14-12-19)27(2,3)4)22(24(30)26(29)32)25(31)28(5,6)7/h9-16,23,30H,8,17H2,1-7H3. The molecule has 0 spiro atoms. The third-order valence-electron chi connectivity index (χ3n) is 5.91. The van der Waals surface area contributed by atoms with Crippen LogP contribution in [0.2, 0.25) is 0 Å². The summed E-state index contributed by atoms with van der Waals surface area (Å²) in [5, 5.41) is 10.8. The Morgan fingerprint density at radius 1 is 0.970 bits per heavy atom. The maximum absolute atomic E-state index is 13.3. The molecule has 2 aromatic rings. The van der Waals surface area contributed by atoms with Crippen molar-refractivity contribution in [2.75, 3.05) is 6.61 Å². The average molecular weight is 450 g/mol. The minimum Gasteiger partial charge on any atom is -0.503 e. The van der Waals surface area contributed by atoms with Crippen LogP contribution in [0.4, 0.5) is 0 Å². The Hall–Kier alpha value is -3.08. The minimum absolute atomic E-state index is 0.0198. The Bertz CT molecular complexity index is 1050. The Morgan fingerprint density at radius 2 is 1.55 bits per heavy atom. The molecule has 1 aliphatic rings. The van der Waals surface area contributed by atoms with Crippen LogP contribution in [0.5, 0.6) is 5.75 Å². The molecule has 0 fully saturated rings. The van der Waals surface area contributed by atoms with Crippen molar-refractivity contribution < 1.29 is 19.4 Å². The number of aliphatic hydroxyl groups excluding tert-OH is 1. The number of amides is 1. The lowest BCUT2D eigenvalue weighted by atomic mass is 9.81. The molecule has 0 saturated carbocycles. The lowest BCUT2D eigenvalue weighted by Crippen LogP contribution is -2.32. The molecular formula is C28H35NO4. The highest BCUT2D eigenvalue weighted by Gasteiger charge is 2.45. The van der Waals surface area contributed by atoms with Gasteiger partial charge < -0.3 is 14.7 Å². The molecule has 176 valence electrons. The van der Waals surface area contributed by atoms with Crippen molar-refractivity contribution >= 4 is 11.7 Å². The topological polar surface area (TPSA) is 66.8 Å². The number of Topliss-reactive ketones (excluding diaryl/α,β-unsaturated/α-hetero) is 1. The van der Waals surface area contributed by atoms with Gasteiger partial charge in [-0.15, -0.1) is 0 Å². The molecular weight excluding hydrogens is 414 g/mol. The van der Waals surface area contributed by atoms with E-state index in [1.165, 1.54) is 0 Å². The summed E-state index contributed by atoms with van der Waals surface area (Å²) >= 11 is 0. The van der Waals surface area contributed by atoms with E-state index >= 15 is 0 Å². The Balaban J connectivity index is 2.04. The SMILES string of the molecule is CCOc1ccc(CN2C(=O)C(O)=C(C(=O)C(C)(C)C)C2c2ccc(C(C)(C)C)cc2)cc1. The van der Waals surface area contributed by atoms with E-state index in [0.29, 0.717) is 6.61 Å². The molecule has 5 nitrogen and oxygen atoms in total. The fourth-order valence-electron chi connectivity index (χ4n) is 4.02. The van der Waals surface area contributed by atoms with E-state index in [-0.39, 0.29) is 23.3 Å². The lowest BCUT2D eigenvalue weighted by molar-refractivity contribution is -0.130. The number of nitrogens with zero attached hydrogens (tertiary/aromatic N) is 1. The first-order valence-electron chi connectivity index (χ1n) is 11.5. The summed E-state index contributed by atoms with van der Waals surface area (Å²) < 4.78 is 5.51. The van der Waals surface area contributed by atoms with Gasteiger partial charge in [0.25, 0.3) is 5.91 Å². The molecule has 3 rings (SSSR count). The number of carbonyl (C=O) groups is 2. The van der Waals surface area contributed by atoms with E-state index in [9.17, 15) is 14.7 Å². The minimum atomic E-state index is -0.734. The third kappa shape index (κ3) is 5.13. The number of rotatable bonds is 6. The van der Waals surface area contributed by atoms with Crippen molar-refractivity contribution in [2.45, 2.75) is 66.5 Å². The summed E-state index contributed by atoms with van der Waals surface area (Å²) in [6.07, 6.45) is 0. The van der Waals surface area contributed by atoms with Crippen molar-refractivity contribution in [3.63, 3.8) is 0 Å². The highest BCUT2D eigenvalue weighted by Crippen LogP contribution is 2.42. The monoisotopic (exact) mass is 449 g/mol. The molecule has 0 aromatic heterocycles. The predicted octanol–water partition coefficient (Wildman–Crippen LogP) is 5.89. The summed E-state index contributed by atoms with van der Waals surface area (Å²) in [6.45, 7) is 14.6. The van der Waals surface area contributed by atoms with Crippen molar-refractivity contribution in [1.82, 2.24) is 4.90 Å². The Labute approximate surface area is 197 Å². The Morgan fingerprint density at radius 3 is 2.03 bits per heavy atom. The summed E-state index contributed by atoms with van der Waals surface area (Å²) in [4.78, 5) is 28.1. The van der Waals surface area contributed by atoms with Crippen LogP contribution in [-0.4, -0.2) is 28.3 Å². The molecule has 1 amide bonds.